The molecule has 1 aliphatic rings. The summed E-state index contributed by atoms with van der Waals surface area (Å²) in [4.78, 5) is 42.7. The number of halogens is 1. The third-order valence-electron chi connectivity index (χ3n) is 5.30. The van der Waals surface area contributed by atoms with Gasteiger partial charge >= 0.3 is 5.69 Å². The van der Waals surface area contributed by atoms with Crippen LogP contribution in [0, 0.1) is 0 Å². The number of sulfone groups is 1. The Morgan fingerprint density at radius 1 is 1.13 bits per heavy atom. The second kappa shape index (κ2) is 7.10. The van der Waals surface area contributed by atoms with Crippen LogP contribution in [0.15, 0.2) is 45.1 Å². The molecule has 10 nitrogen and oxygen atoms in total. The molecular weight excluding hydrogens is 434 g/mol. The molecule has 30 heavy (non-hydrogen) atoms. The number of amides is 1. The molecule has 3 heterocycles. The van der Waals surface area contributed by atoms with Crippen molar-refractivity contribution in [3.8, 4) is 0 Å². The molecule has 2 aromatic heterocycles. The molecule has 1 aliphatic heterocycles. The van der Waals surface area contributed by atoms with Gasteiger partial charge in [-0.15, -0.1) is 0 Å². The third kappa shape index (κ3) is 3.14. The number of carbonyl (C=O) groups excluding carboxylic acids is 1. The number of imidazole rings is 1. The van der Waals surface area contributed by atoms with Crippen LogP contribution >= 0.6 is 11.6 Å². The summed E-state index contributed by atoms with van der Waals surface area (Å²) >= 11 is 5.80. The van der Waals surface area contributed by atoms with Gasteiger partial charge in [0.1, 0.15) is 11.8 Å². The highest BCUT2D eigenvalue weighted by atomic mass is 35.5. The van der Waals surface area contributed by atoms with Crippen LogP contribution in [0.5, 0.6) is 0 Å². The van der Waals surface area contributed by atoms with E-state index >= 15 is 0 Å². The van der Waals surface area contributed by atoms with E-state index in [-0.39, 0.29) is 41.6 Å². The average molecular weight is 452 g/mol. The zero-order valence-electron chi connectivity index (χ0n) is 16.1. The van der Waals surface area contributed by atoms with Crippen LogP contribution in [0.4, 0.5) is 0 Å². The molecule has 0 aliphatic carbocycles. The van der Waals surface area contributed by atoms with E-state index in [9.17, 15) is 22.8 Å². The number of fused-ring (bicyclic) bond motifs is 1. The van der Waals surface area contributed by atoms with Crippen molar-refractivity contribution >= 4 is 38.5 Å². The molecule has 1 fully saturated rings. The number of nitrogens with zero attached hydrogens (tertiary/aromatic N) is 5. The van der Waals surface area contributed by atoms with Crippen LogP contribution in [0.2, 0.25) is 5.02 Å². The van der Waals surface area contributed by atoms with Crippen molar-refractivity contribution < 1.29 is 13.2 Å². The Hall–Kier alpha value is -2.92. The molecule has 0 atom stereocenters. The van der Waals surface area contributed by atoms with Crippen LogP contribution < -0.4 is 11.2 Å². The highest BCUT2D eigenvalue weighted by molar-refractivity contribution is 7.92. The number of aryl methyl sites for hydroxylation is 1. The molecule has 0 radical (unpaired) electrons. The van der Waals surface area contributed by atoms with Crippen LogP contribution in [-0.2, 0) is 35.3 Å². The highest BCUT2D eigenvalue weighted by Crippen LogP contribution is 2.25. The Morgan fingerprint density at radius 2 is 1.77 bits per heavy atom. The highest BCUT2D eigenvalue weighted by Gasteiger charge is 2.40. The zero-order chi connectivity index (χ0) is 21.8. The lowest BCUT2D eigenvalue weighted by Gasteiger charge is -2.38. The topological polar surface area (TPSA) is 116 Å². The predicted molar refractivity (Wildman–Crippen MR) is 109 cm³/mol. The second-order valence-electron chi connectivity index (χ2n) is 7.17. The molecular formula is C18H18ClN5O5S. The van der Waals surface area contributed by atoms with E-state index < -0.39 is 26.3 Å². The molecule has 0 N–H and O–H groups in total. The van der Waals surface area contributed by atoms with E-state index in [0.717, 1.165) is 4.57 Å². The first-order valence-corrected chi connectivity index (χ1v) is 10.9. The first kappa shape index (κ1) is 20.4. The molecule has 0 saturated carbocycles. The number of hydrogen-bond acceptors (Lipinski definition) is 6. The van der Waals surface area contributed by atoms with Crippen LogP contribution in [0.1, 0.15) is 0 Å². The molecule has 158 valence electrons. The maximum absolute atomic E-state index is 12.7. The van der Waals surface area contributed by atoms with Gasteiger partial charge in [0.15, 0.2) is 21.0 Å². The lowest BCUT2D eigenvalue weighted by molar-refractivity contribution is -0.134. The fraction of sp³-hybridized carbons (Fsp3) is 0.333. The molecule has 3 aromatic rings. The van der Waals surface area contributed by atoms with Gasteiger partial charge in [0.05, 0.1) is 11.2 Å². The van der Waals surface area contributed by atoms with Crippen molar-refractivity contribution in [1.82, 2.24) is 23.6 Å². The van der Waals surface area contributed by atoms with Crippen molar-refractivity contribution in [2.45, 2.75) is 16.7 Å². The lowest BCUT2D eigenvalue weighted by Crippen LogP contribution is -2.57. The van der Waals surface area contributed by atoms with Gasteiger partial charge in [0, 0.05) is 32.2 Å². The minimum atomic E-state index is -3.57. The van der Waals surface area contributed by atoms with Gasteiger partial charge in [-0.1, -0.05) is 11.6 Å². The molecule has 1 saturated heterocycles. The van der Waals surface area contributed by atoms with Crippen LogP contribution in [0.25, 0.3) is 11.2 Å². The van der Waals surface area contributed by atoms with Crippen LogP contribution in [-0.4, -0.2) is 56.2 Å². The molecule has 0 unspecified atom stereocenters. The molecule has 1 aromatic carbocycles. The maximum Gasteiger partial charge on any atom is 0.332 e. The molecule has 0 spiro atoms. The Morgan fingerprint density at radius 3 is 2.40 bits per heavy atom. The minimum absolute atomic E-state index is 0.0624. The summed E-state index contributed by atoms with van der Waals surface area (Å²) in [5.41, 5.74) is -0.742. The van der Waals surface area contributed by atoms with Crippen LogP contribution in [0.3, 0.4) is 0 Å². The van der Waals surface area contributed by atoms with Crippen molar-refractivity contribution in [2.24, 2.45) is 14.1 Å². The maximum atomic E-state index is 12.7. The lowest BCUT2D eigenvalue weighted by atomic mass is 10.2. The van der Waals surface area contributed by atoms with Crippen molar-refractivity contribution in [2.75, 3.05) is 13.1 Å². The Kier molecular flexibility index (Phi) is 4.82. The normalized spacial score (nSPS) is 14.8. The first-order chi connectivity index (χ1) is 14.1. The van der Waals surface area contributed by atoms with Gasteiger partial charge in [-0.05, 0) is 24.3 Å². The Balaban J connectivity index is 1.51. The summed E-state index contributed by atoms with van der Waals surface area (Å²) in [6, 6.07) is 5.90. The van der Waals surface area contributed by atoms with Gasteiger partial charge in [0.25, 0.3) is 5.56 Å². The average Bonchev–Trinajstić information content (AvgIpc) is 3.07. The van der Waals surface area contributed by atoms with Crippen molar-refractivity contribution in [3.63, 3.8) is 0 Å². The van der Waals surface area contributed by atoms with E-state index in [1.54, 1.807) is 0 Å². The summed E-state index contributed by atoms with van der Waals surface area (Å²) in [5, 5.41) is -0.258. The standard InChI is InChI=1S/C18H18ClN5O5S/c1-21-16-15(17(26)22(2)18(21)27)24(10-20-16)9-14(25)23-7-13(8-23)30(28,29)12-5-3-11(19)4-6-12/h3-6,10,13H,7-9H2,1-2H3. The predicted octanol–water partition coefficient (Wildman–Crippen LogP) is -0.228. The molecule has 0 bridgehead atoms. The van der Waals surface area contributed by atoms with Gasteiger partial charge in [-0.25, -0.2) is 18.2 Å². The number of carbonyl (C=O) groups is 1. The van der Waals surface area contributed by atoms with E-state index in [4.69, 9.17) is 11.6 Å². The number of likely N-dealkylation sites (tertiary alicyclic amines) is 1. The number of rotatable bonds is 4. The minimum Gasteiger partial charge on any atom is -0.338 e. The summed E-state index contributed by atoms with van der Waals surface area (Å²) in [6.45, 7) is -0.0580. The number of aromatic nitrogens is 4. The monoisotopic (exact) mass is 451 g/mol. The van der Waals surface area contributed by atoms with Crippen molar-refractivity contribution in [1.29, 1.82) is 0 Å². The third-order valence-corrected chi connectivity index (χ3v) is 7.66. The quantitative estimate of drug-likeness (QED) is 0.541. The van der Waals surface area contributed by atoms with E-state index in [1.807, 2.05) is 0 Å². The summed E-state index contributed by atoms with van der Waals surface area (Å²) in [7, 11) is -0.725. The summed E-state index contributed by atoms with van der Waals surface area (Å²) < 4.78 is 28.9. The summed E-state index contributed by atoms with van der Waals surface area (Å²) in [5.74, 6) is -0.340. The smallest absolute Gasteiger partial charge is 0.332 e. The second-order valence-corrected chi connectivity index (χ2v) is 9.83. The Bertz CT molecular complexity index is 1380. The Labute approximate surface area is 175 Å². The van der Waals surface area contributed by atoms with E-state index in [0.29, 0.717) is 5.02 Å². The number of benzene rings is 1. The van der Waals surface area contributed by atoms with Gasteiger partial charge < -0.3 is 9.47 Å². The number of hydrogen-bond donors (Lipinski definition) is 0. The van der Waals surface area contributed by atoms with E-state index in [1.165, 1.54) is 58.7 Å². The fourth-order valence-corrected chi connectivity index (χ4v) is 5.20. The van der Waals surface area contributed by atoms with Crippen molar-refractivity contribution in [3.05, 3.63) is 56.5 Å². The molecule has 12 heteroatoms. The van der Waals surface area contributed by atoms with Gasteiger partial charge in [0.2, 0.25) is 5.91 Å². The molecule has 1 amide bonds. The van der Waals surface area contributed by atoms with E-state index in [2.05, 4.69) is 4.98 Å². The summed E-state index contributed by atoms with van der Waals surface area (Å²) in [6.07, 6.45) is 1.32. The largest absolute Gasteiger partial charge is 0.338 e. The zero-order valence-corrected chi connectivity index (χ0v) is 17.7. The first-order valence-electron chi connectivity index (χ1n) is 8.99. The van der Waals surface area contributed by atoms with Gasteiger partial charge in [-0.2, -0.15) is 0 Å². The molecule has 4 rings (SSSR count). The van der Waals surface area contributed by atoms with Gasteiger partial charge in [-0.3, -0.25) is 18.7 Å². The SMILES string of the molecule is Cn1c(=O)c2c(ncn2CC(=O)N2CC(S(=O)(=O)c3ccc(Cl)cc3)C2)n(C)c1=O. The fourth-order valence-electron chi connectivity index (χ4n) is 3.42.